The number of nitrogens with one attached hydrogen (secondary N) is 1. The van der Waals surface area contributed by atoms with Gasteiger partial charge in [-0.05, 0) is 30.7 Å². The normalized spacial score (nSPS) is 10.5. The summed E-state index contributed by atoms with van der Waals surface area (Å²) in [5.41, 5.74) is 7.15. The number of oxazole rings is 1. The highest BCUT2D eigenvalue weighted by Crippen LogP contribution is 2.20. The summed E-state index contributed by atoms with van der Waals surface area (Å²) in [5.74, 6) is 0.334. The second-order valence-electron chi connectivity index (χ2n) is 4.08. The summed E-state index contributed by atoms with van der Waals surface area (Å²) in [4.78, 5) is 15.9. The SMILES string of the molecule is Cc1cc(NC(=O)c2cnc(CCN)o2)ccc1Br. The summed E-state index contributed by atoms with van der Waals surface area (Å²) < 4.78 is 6.30. The van der Waals surface area contributed by atoms with Crippen molar-refractivity contribution in [1.29, 1.82) is 0 Å². The van der Waals surface area contributed by atoms with Gasteiger partial charge in [0.1, 0.15) is 0 Å². The molecule has 0 saturated heterocycles. The third-order valence-electron chi connectivity index (χ3n) is 2.55. The maximum atomic E-state index is 11.9. The molecule has 0 spiro atoms. The van der Waals surface area contributed by atoms with E-state index in [0.29, 0.717) is 24.5 Å². The summed E-state index contributed by atoms with van der Waals surface area (Å²) in [6.07, 6.45) is 1.93. The summed E-state index contributed by atoms with van der Waals surface area (Å²) >= 11 is 3.41. The van der Waals surface area contributed by atoms with Crippen molar-refractivity contribution < 1.29 is 9.21 Å². The van der Waals surface area contributed by atoms with Crippen LogP contribution in [0.15, 0.2) is 33.3 Å². The minimum absolute atomic E-state index is 0.184. The lowest BCUT2D eigenvalue weighted by atomic mass is 10.2. The molecule has 100 valence electrons. The average molecular weight is 324 g/mol. The van der Waals surface area contributed by atoms with Gasteiger partial charge in [-0.3, -0.25) is 4.79 Å². The van der Waals surface area contributed by atoms with Crippen LogP contribution < -0.4 is 11.1 Å². The average Bonchev–Trinajstić information content (AvgIpc) is 2.83. The van der Waals surface area contributed by atoms with E-state index in [1.807, 2.05) is 25.1 Å². The van der Waals surface area contributed by atoms with Crippen molar-refractivity contribution in [2.45, 2.75) is 13.3 Å². The predicted octanol–water partition coefficient (Wildman–Crippen LogP) is 2.50. The van der Waals surface area contributed by atoms with Gasteiger partial charge in [0.05, 0.1) is 6.20 Å². The van der Waals surface area contributed by atoms with Crippen molar-refractivity contribution in [2.75, 3.05) is 11.9 Å². The van der Waals surface area contributed by atoms with Crippen LogP contribution in [0.5, 0.6) is 0 Å². The maximum Gasteiger partial charge on any atom is 0.293 e. The lowest BCUT2D eigenvalue weighted by Gasteiger charge is -2.05. The van der Waals surface area contributed by atoms with Crippen LogP contribution in [0.25, 0.3) is 0 Å². The van der Waals surface area contributed by atoms with E-state index in [4.69, 9.17) is 10.2 Å². The van der Waals surface area contributed by atoms with Crippen LogP contribution in [-0.2, 0) is 6.42 Å². The number of benzene rings is 1. The molecule has 2 rings (SSSR count). The Hall–Kier alpha value is -1.66. The van der Waals surface area contributed by atoms with E-state index >= 15 is 0 Å². The molecule has 0 unspecified atom stereocenters. The van der Waals surface area contributed by atoms with E-state index in [2.05, 4.69) is 26.2 Å². The van der Waals surface area contributed by atoms with Gasteiger partial charge in [-0.2, -0.15) is 0 Å². The number of carbonyl (C=O) groups is 1. The number of amides is 1. The zero-order valence-electron chi connectivity index (χ0n) is 10.4. The maximum absolute atomic E-state index is 11.9. The summed E-state index contributed by atoms with van der Waals surface area (Å²) in [6, 6.07) is 5.57. The summed E-state index contributed by atoms with van der Waals surface area (Å²) in [7, 11) is 0. The number of hydrogen-bond donors (Lipinski definition) is 2. The number of hydrogen-bond acceptors (Lipinski definition) is 4. The molecular weight excluding hydrogens is 310 g/mol. The van der Waals surface area contributed by atoms with Crippen LogP contribution in [0.3, 0.4) is 0 Å². The zero-order chi connectivity index (χ0) is 13.8. The van der Waals surface area contributed by atoms with Crippen LogP contribution in [0.4, 0.5) is 5.69 Å². The fourth-order valence-electron chi connectivity index (χ4n) is 1.57. The van der Waals surface area contributed by atoms with Crippen molar-refractivity contribution in [3.63, 3.8) is 0 Å². The topological polar surface area (TPSA) is 81.2 Å². The zero-order valence-corrected chi connectivity index (χ0v) is 12.0. The number of anilines is 1. The van der Waals surface area contributed by atoms with Crippen LogP contribution >= 0.6 is 15.9 Å². The molecule has 1 aromatic heterocycles. The first kappa shape index (κ1) is 13.8. The molecule has 6 heteroatoms. The molecule has 3 N–H and O–H groups in total. The van der Waals surface area contributed by atoms with E-state index < -0.39 is 0 Å². The molecule has 0 saturated carbocycles. The standard InChI is InChI=1S/C13H14BrN3O2/c1-8-6-9(2-3-10(8)14)17-13(18)11-7-16-12(19-11)4-5-15/h2-3,6-7H,4-5,15H2,1H3,(H,17,18). The largest absolute Gasteiger partial charge is 0.435 e. The molecule has 0 aliphatic carbocycles. The Morgan fingerprint density at radius 2 is 2.32 bits per heavy atom. The van der Waals surface area contributed by atoms with Crippen LogP contribution in [0, 0.1) is 6.92 Å². The third-order valence-corrected chi connectivity index (χ3v) is 3.44. The van der Waals surface area contributed by atoms with Gasteiger partial charge in [-0.25, -0.2) is 4.98 Å². The van der Waals surface area contributed by atoms with E-state index in [9.17, 15) is 4.79 Å². The minimum Gasteiger partial charge on any atom is -0.435 e. The highest BCUT2D eigenvalue weighted by molar-refractivity contribution is 9.10. The van der Waals surface area contributed by atoms with E-state index in [1.54, 1.807) is 0 Å². The van der Waals surface area contributed by atoms with Crippen LogP contribution in [0.2, 0.25) is 0 Å². The molecule has 0 bridgehead atoms. The number of halogens is 1. The first-order valence-corrected chi connectivity index (χ1v) is 6.61. The lowest BCUT2D eigenvalue weighted by molar-refractivity contribution is 0.0995. The monoisotopic (exact) mass is 323 g/mol. The van der Waals surface area contributed by atoms with Crippen molar-refractivity contribution in [3.8, 4) is 0 Å². The smallest absolute Gasteiger partial charge is 0.293 e. The van der Waals surface area contributed by atoms with E-state index in [1.165, 1.54) is 6.20 Å². The van der Waals surface area contributed by atoms with Crippen molar-refractivity contribution in [2.24, 2.45) is 5.73 Å². The summed E-state index contributed by atoms with van der Waals surface area (Å²) in [6.45, 7) is 2.39. The fraction of sp³-hybridized carbons (Fsp3) is 0.231. The first-order valence-electron chi connectivity index (χ1n) is 5.82. The molecule has 1 amide bonds. The molecule has 0 radical (unpaired) electrons. The number of carbonyl (C=O) groups excluding carboxylic acids is 1. The fourth-order valence-corrected chi connectivity index (χ4v) is 1.82. The molecular formula is C13H14BrN3O2. The number of rotatable bonds is 4. The van der Waals surface area contributed by atoms with Gasteiger partial charge < -0.3 is 15.5 Å². The molecule has 0 fully saturated rings. The highest BCUT2D eigenvalue weighted by atomic mass is 79.9. The Labute approximate surface area is 119 Å². The quantitative estimate of drug-likeness (QED) is 0.905. The number of nitrogens with zero attached hydrogens (tertiary/aromatic N) is 1. The van der Waals surface area contributed by atoms with Crippen LogP contribution in [0.1, 0.15) is 22.0 Å². The Kier molecular flexibility index (Phi) is 4.34. The van der Waals surface area contributed by atoms with E-state index in [-0.39, 0.29) is 11.7 Å². The Balaban J connectivity index is 2.09. The third kappa shape index (κ3) is 3.42. The molecule has 5 nitrogen and oxygen atoms in total. The van der Waals surface area contributed by atoms with Gasteiger partial charge in [0, 0.05) is 23.1 Å². The van der Waals surface area contributed by atoms with Crippen molar-refractivity contribution >= 4 is 27.5 Å². The molecule has 0 atom stereocenters. The lowest BCUT2D eigenvalue weighted by Crippen LogP contribution is -2.11. The Bertz CT molecular complexity index is 595. The van der Waals surface area contributed by atoms with Gasteiger partial charge in [0.25, 0.3) is 5.91 Å². The molecule has 0 aliphatic heterocycles. The van der Waals surface area contributed by atoms with Gasteiger partial charge in [-0.1, -0.05) is 15.9 Å². The number of aromatic nitrogens is 1. The van der Waals surface area contributed by atoms with Gasteiger partial charge >= 0.3 is 0 Å². The minimum atomic E-state index is -0.322. The van der Waals surface area contributed by atoms with Crippen molar-refractivity contribution in [3.05, 3.63) is 46.1 Å². The molecule has 2 aromatic rings. The predicted molar refractivity (Wildman–Crippen MR) is 76.1 cm³/mol. The van der Waals surface area contributed by atoms with Gasteiger partial charge in [0.2, 0.25) is 5.76 Å². The summed E-state index contributed by atoms with van der Waals surface area (Å²) in [5, 5.41) is 2.76. The van der Waals surface area contributed by atoms with Gasteiger partial charge in [-0.15, -0.1) is 0 Å². The second kappa shape index (κ2) is 5.99. The molecule has 0 aliphatic rings. The van der Waals surface area contributed by atoms with Gasteiger partial charge in [0.15, 0.2) is 5.89 Å². The second-order valence-corrected chi connectivity index (χ2v) is 4.93. The first-order chi connectivity index (χ1) is 9.10. The Morgan fingerprint density at radius 3 is 3.00 bits per heavy atom. The number of nitrogens with two attached hydrogens (primary N) is 1. The van der Waals surface area contributed by atoms with Crippen LogP contribution in [-0.4, -0.2) is 17.4 Å². The molecule has 19 heavy (non-hydrogen) atoms. The molecule has 1 heterocycles. The highest BCUT2D eigenvalue weighted by Gasteiger charge is 2.12. The van der Waals surface area contributed by atoms with E-state index in [0.717, 1.165) is 10.0 Å². The Morgan fingerprint density at radius 1 is 1.53 bits per heavy atom. The molecule has 1 aromatic carbocycles. The van der Waals surface area contributed by atoms with Crippen molar-refractivity contribution in [1.82, 2.24) is 4.98 Å². The number of aryl methyl sites for hydroxylation is 1.